The number of nitrogens with one attached hydrogen (secondary N) is 1. The quantitative estimate of drug-likeness (QED) is 0.710. The molecule has 5 N–H and O–H groups in total. The standard InChI is InChI=1S/C14H21N5O2/c15-6-3-13(20)18-11-1-2-12(17-9-11)19-7-4-10(5-8-19)14(16)21/h1-2,9-10H,3-8,15H2,(H2,16,21)(H,18,20). The Bertz CT molecular complexity index is 495. The number of amides is 2. The van der Waals surface area contributed by atoms with Crippen LogP contribution in [0.3, 0.4) is 0 Å². The van der Waals surface area contributed by atoms with E-state index in [1.165, 1.54) is 0 Å². The van der Waals surface area contributed by atoms with Crippen LogP contribution >= 0.6 is 0 Å². The fourth-order valence-electron chi connectivity index (χ4n) is 2.39. The van der Waals surface area contributed by atoms with Gasteiger partial charge in [-0.05, 0) is 25.0 Å². The lowest BCUT2D eigenvalue weighted by Gasteiger charge is -2.31. The molecule has 0 bridgehead atoms. The second-order valence-corrected chi connectivity index (χ2v) is 5.16. The molecule has 2 amide bonds. The van der Waals surface area contributed by atoms with E-state index in [4.69, 9.17) is 11.5 Å². The number of hydrogen-bond acceptors (Lipinski definition) is 5. The molecule has 1 aromatic rings. The van der Waals surface area contributed by atoms with Crippen LogP contribution in [0.15, 0.2) is 18.3 Å². The van der Waals surface area contributed by atoms with Gasteiger partial charge in [0.15, 0.2) is 0 Å². The predicted octanol–water partition coefficient (Wildman–Crippen LogP) is 0.0706. The molecule has 2 heterocycles. The van der Waals surface area contributed by atoms with Gasteiger partial charge in [-0.15, -0.1) is 0 Å². The maximum atomic E-state index is 11.4. The van der Waals surface area contributed by atoms with E-state index in [9.17, 15) is 9.59 Å². The van der Waals surface area contributed by atoms with Crippen LogP contribution in [-0.2, 0) is 9.59 Å². The summed E-state index contributed by atoms with van der Waals surface area (Å²) in [5.41, 5.74) is 11.3. The van der Waals surface area contributed by atoms with E-state index in [1.54, 1.807) is 6.20 Å². The molecule has 0 aliphatic carbocycles. The summed E-state index contributed by atoms with van der Waals surface area (Å²) in [4.78, 5) is 29.0. The first-order valence-electron chi connectivity index (χ1n) is 7.10. The fourth-order valence-corrected chi connectivity index (χ4v) is 2.39. The summed E-state index contributed by atoms with van der Waals surface area (Å²) in [6, 6.07) is 3.68. The molecule has 7 heteroatoms. The number of piperidine rings is 1. The number of nitrogens with two attached hydrogens (primary N) is 2. The van der Waals surface area contributed by atoms with Crippen molar-refractivity contribution in [3.05, 3.63) is 18.3 Å². The van der Waals surface area contributed by atoms with E-state index in [-0.39, 0.29) is 17.7 Å². The zero-order chi connectivity index (χ0) is 15.2. The molecule has 1 aromatic heterocycles. The zero-order valence-corrected chi connectivity index (χ0v) is 11.9. The fraction of sp³-hybridized carbons (Fsp3) is 0.500. The highest BCUT2D eigenvalue weighted by Crippen LogP contribution is 2.22. The van der Waals surface area contributed by atoms with Crippen molar-refractivity contribution in [1.82, 2.24) is 4.98 Å². The largest absolute Gasteiger partial charge is 0.369 e. The molecular weight excluding hydrogens is 270 g/mol. The first-order valence-corrected chi connectivity index (χ1v) is 7.10. The van der Waals surface area contributed by atoms with E-state index in [2.05, 4.69) is 15.2 Å². The second kappa shape index (κ2) is 7.03. The van der Waals surface area contributed by atoms with Gasteiger partial charge in [0.2, 0.25) is 11.8 Å². The van der Waals surface area contributed by atoms with Crippen molar-refractivity contribution in [1.29, 1.82) is 0 Å². The van der Waals surface area contributed by atoms with Crippen LogP contribution in [0, 0.1) is 5.92 Å². The maximum absolute atomic E-state index is 11.4. The summed E-state index contributed by atoms with van der Waals surface area (Å²) in [6.45, 7) is 1.85. The summed E-state index contributed by atoms with van der Waals surface area (Å²) < 4.78 is 0. The van der Waals surface area contributed by atoms with Gasteiger partial charge in [0.1, 0.15) is 5.82 Å². The third kappa shape index (κ3) is 4.16. The molecule has 1 fully saturated rings. The minimum atomic E-state index is -0.222. The second-order valence-electron chi connectivity index (χ2n) is 5.16. The molecule has 0 spiro atoms. The lowest BCUT2D eigenvalue weighted by atomic mass is 9.96. The van der Waals surface area contributed by atoms with Crippen LogP contribution in [0.2, 0.25) is 0 Å². The normalized spacial score (nSPS) is 15.8. The summed E-state index contributed by atoms with van der Waals surface area (Å²) in [5.74, 6) is 0.473. The Labute approximate surface area is 123 Å². The van der Waals surface area contributed by atoms with Crippen molar-refractivity contribution in [3.63, 3.8) is 0 Å². The molecule has 1 aliphatic rings. The number of aromatic nitrogens is 1. The van der Waals surface area contributed by atoms with Gasteiger partial charge in [-0.3, -0.25) is 9.59 Å². The summed E-state index contributed by atoms with van der Waals surface area (Å²) in [5, 5.41) is 2.73. The van der Waals surface area contributed by atoms with Crippen LogP contribution in [-0.4, -0.2) is 36.4 Å². The van der Waals surface area contributed by atoms with Gasteiger partial charge in [0.25, 0.3) is 0 Å². The van der Waals surface area contributed by atoms with E-state index in [0.717, 1.165) is 31.7 Å². The number of primary amides is 1. The lowest BCUT2D eigenvalue weighted by molar-refractivity contribution is -0.122. The van der Waals surface area contributed by atoms with Gasteiger partial charge in [0.05, 0.1) is 11.9 Å². The number of carbonyl (C=O) groups is 2. The van der Waals surface area contributed by atoms with Crippen molar-refractivity contribution in [2.45, 2.75) is 19.3 Å². The molecule has 0 atom stereocenters. The highest BCUT2D eigenvalue weighted by molar-refractivity contribution is 5.90. The SMILES string of the molecule is NCCC(=O)Nc1ccc(N2CCC(C(N)=O)CC2)nc1. The molecule has 114 valence electrons. The Morgan fingerprint density at radius 1 is 1.33 bits per heavy atom. The molecular formula is C14H21N5O2. The van der Waals surface area contributed by atoms with Crippen LogP contribution in [0.25, 0.3) is 0 Å². The summed E-state index contributed by atoms with van der Waals surface area (Å²) in [7, 11) is 0. The monoisotopic (exact) mass is 291 g/mol. The first-order chi connectivity index (χ1) is 10.1. The smallest absolute Gasteiger partial charge is 0.225 e. The van der Waals surface area contributed by atoms with Crippen molar-refractivity contribution in [2.75, 3.05) is 29.9 Å². The lowest BCUT2D eigenvalue weighted by Crippen LogP contribution is -2.38. The average molecular weight is 291 g/mol. The van der Waals surface area contributed by atoms with Crippen molar-refractivity contribution in [3.8, 4) is 0 Å². The highest BCUT2D eigenvalue weighted by Gasteiger charge is 2.23. The predicted molar refractivity (Wildman–Crippen MR) is 80.7 cm³/mol. The van der Waals surface area contributed by atoms with Crippen molar-refractivity contribution < 1.29 is 9.59 Å². The Balaban J connectivity index is 1.91. The topological polar surface area (TPSA) is 114 Å². The molecule has 7 nitrogen and oxygen atoms in total. The van der Waals surface area contributed by atoms with Crippen LogP contribution in [0.4, 0.5) is 11.5 Å². The van der Waals surface area contributed by atoms with E-state index >= 15 is 0 Å². The molecule has 1 saturated heterocycles. The minimum Gasteiger partial charge on any atom is -0.369 e. The van der Waals surface area contributed by atoms with Gasteiger partial charge in [0, 0.05) is 32.0 Å². The Morgan fingerprint density at radius 3 is 2.57 bits per heavy atom. The molecule has 0 aromatic carbocycles. The number of nitrogens with zero attached hydrogens (tertiary/aromatic N) is 2. The van der Waals surface area contributed by atoms with Gasteiger partial charge >= 0.3 is 0 Å². The average Bonchev–Trinajstić information content (AvgIpc) is 2.48. The van der Waals surface area contributed by atoms with E-state index < -0.39 is 0 Å². The number of hydrogen-bond donors (Lipinski definition) is 3. The third-order valence-corrected chi connectivity index (χ3v) is 3.62. The van der Waals surface area contributed by atoms with Gasteiger partial charge in [-0.1, -0.05) is 0 Å². The number of anilines is 2. The minimum absolute atomic E-state index is 0.0314. The number of pyridine rings is 1. The Kier molecular flexibility index (Phi) is 5.10. The van der Waals surface area contributed by atoms with Crippen LogP contribution in [0.1, 0.15) is 19.3 Å². The van der Waals surface area contributed by atoms with E-state index in [1.807, 2.05) is 12.1 Å². The third-order valence-electron chi connectivity index (χ3n) is 3.62. The molecule has 21 heavy (non-hydrogen) atoms. The Morgan fingerprint density at radius 2 is 2.05 bits per heavy atom. The van der Waals surface area contributed by atoms with Gasteiger partial charge < -0.3 is 21.7 Å². The molecule has 0 unspecified atom stereocenters. The summed E-state index contributed by atoms with van der Waals surface area (Å²) >= 11 is 0. The van der Waals surface area contributed by atoms with Crippen molar-refractivity contribution in [2.24, 2.45) is 17.4 Å². The maximum Gasteiger partial charge on any atom is 0.225 e. The Hall–Kier alpha value is -2.15. The number of rotatable bonds is 5. The highest BCUT2D eigenvalue weighted by atomic mass is 16.2. The number of carbonyl (C=O) groups excluding carboxylic acids is 2. The zero-order valence-electron chi connectivity index (χ0n) is 11.9. The van der Waals surface area contributed by atoms with Crippen molar-refractivity contribution >= 4 is 23.3 Å². The summed E-state index contributed by atoms with van der Waals surface area (Å²) in [6.07, 6.45) is 3.43. The molecule has 1 aliphatic heterocycles. The first kappa shape index (κ1) is 15.2. The molecule has 2 rings (SSSR count). The van der Waals surface area contributed by atoms with Gasteiger partial charge in [-0.2, -0.15) is 0 Å². The molecule has 0 radical (unpaired) electrons. The van der Waals surface area contributed by atoms with E-state index in [0.29, 0.717) is 18.7 Å². The van der Waals surface area contributed by atoms with Gasteiger partial charge in [-0.25, -0.2) is 4.98 Å². The van der Waals surface area contributed by atoms with Crippen LogP contribution in [0.5, 0.6) is 0 Å². The van der Waals surface area contributed by atoms with Crippen LogP contribution < -0.4 is 21.7 Å². The molecule has 0 saturated carbocycles.